The fraction of sp³-hybridized carbons (Fsp3) is 0.333. The van der Waals surface area contributed by atoms with E-state index in [4.69, 9.17) is 9.15 Å². The normalized spacial score (nSPS) is 13.1. The van der Waals surface area contributed by atoms with Gasteiger partial charge in [0.1, 0.15) is 11.0 Å². The second kappa shape index (κ2) is 6.71. The van der Waals surface area contributed by atoms with Crippen LogP contribution in [0.15, 0.2) is 21.9 Å². The van der Waals surface area contributed by atoms with Gasteiger partial charge in [-0.2, -0.15) is 0 Å². The Morgan fingerprint density at radius 1 is 1.23 bits per heavy atom. The van der Waals surface area contributed by atoms with Crippen LogP contribution in [0.4, 0.5) is 0 Å². The summed E-state index contributed by atoms with van der Waals surface area (Å²) in [7, 11) is 0. The Morgan fingerprint density at radius 3 is 2.59 bits per heavy atom. The van der Waals surface area contributed by atoms with Crippen LogP contribution in [-0.2, 0) is 4.74 Å². The van der Waals surface area contributed by atoms with Crippen molar-refractivity contribution < 1.29 is 9.15 Å². The van der Waals surface area contributed by atoms with Crippen LogP contribution in [0, 0.1) is 20.8 Å². The smallest absolute Gasteiger partial charge is 0.188 e. The van der Waals surface area contributed by atoms with E-state index in [1.165, 1.54) is 0 Å². The van der Waals surface area contributed by atoms with Gasteiger partial charge < -0.3 is 9.15 Å². The Kier molecular flexibility index (Phi) is 4.93. The van der Waals surface area contributed by atoms with Crippen LogP contribution in [0.1, 0.15) is 23.6 Å². The summed E-state index contributed by atoms with van der Waals surface area (Å²) in [6.45, 7) is 12.2. The van der Waals surface area contributed by atoms with Crippen molar-refractivity contribution in [2.45, 2.75) is 27.7 Å². The molecule has 0 N–H and O–H groups in total. The van der Waals surface area contributed by atoms with E-state index in [2.05, 4.69) is 11.6 Å². The second-order valence-corrected chi connectivity index (χ2v) is 5.11. The summed E-state index contributed by atoms with van der Waals surface area (Å²) in [5.74, 6) is 0.539. The van der Waals surface area contributed by atoms with Crippen molar-refractivity contribution in [2.24, 2.45) is 0 Å². The van der Waals surface area contributed by atoms with E-state index in [1.807, 2.05) is 26.8 Å². The van der Waals surface area contributed by atoms with Crippen LogP contribution >= 0.6 is 0 Å². The number of hydrogen-bond donors (Lipinski definition) is 0. The number of nitrogens with zero attached hydrogens (tertiary/aromatic N) is 1. The standard InChI is InChI=1S/C18H21NO3/c1-6-8-14-15(9-10-21-7-2)22-18-13(5)17(20)12(4)11(3)16(18)19-14/h6,8-9H,1,7,10H2,2-5H3/b14-8+,15-9+. The number of aromatic nitrogens is 1. The molecule has 2 rings (SSSR count). The van der Waals surface area contributed by atoms with Crippen molar-refractivity contribution in [3.63, 3.8) is 0 Å². The molecule has 0 aromatic carbocycles. The lowest BCUT2D eigenvalue weighted by molar-refractivity contribution is 0.184. The van der Waals surface area contributed by atoms with E-state index in [-0.39, 0.29) is 5.43 Å². The molecule has 1 heterocycles. The number of ether oxygens (including phenoxy) is 1. The van der Waals surface area contributed by atoms with Crippen LogP contribution in [-0.4, -0.2) is 18.2 Å². The Hall–Kier alpha value is -2.20. The highest BCUT2D eigenvalue weighted by atomic mass is 16.5. The molecule has 22 heavy (non-hydrogen) atoms. The molecule has 4 heteroatoms. The number of benzene rings is 1. The third kappa shape index (κ3) is 2.88. The quantitative estimate of drug-likeness (QED) is 0.809. The lowest BCUT2D eigenvalue weighted by Crippen LogP contribution is -2.31. The molecule has 1 aliphatic carbocycles. The van der Waals surface area contributed by atoms with Gasteiger partial charge >= 0.3 is 0 Å². The highest BCUT2D eigenvalue weighted by Crippen LogP contribution is 2.23. The molecule has 1 aliphatic heterocycles. The zero-order valence-corrected chi connectivity index (χ0v) is 13.5. The van der Waals surface area contributed by atoms with Gasteiger partial charge in [0.25, 0.3) is 0 Å². The van der Waals surface area contributed by atoms with Crippen LogP contribution in [0.25, 0.3) is 23.6 Å². The second-order valence-electron chi connectivity index (χ2n) is 5.11. The molecule has 0 aromatic rings. The molecule has 0 spiro atoms. The Balaban J connectivity index is 2.88. The zero-order valence-electron chi connectivity index (χ0n) is 13.5. The maximum absolute atomic E-state index is 12.2. The molecule has 0 saturated heterocycles. The van der Waals surface area contributed by atoms with Gasteiger partial charge in [-0.25, -0.2) is 4.98 Å². The minimum absolute atomic E-state index is 0.00626. The minimum Gasteiger partial charge on any atom is -0.453 e. The molecule has 0 saturated carbocycles. The van der Waals surface area contributed by atoms with Gasteiger partial charge in [-0.15, -0.1) is 0 Å². The lowest BCUT2D eigenvalue weighted by atomic mass is 9.99. The minimum atomic E-state index is 0.00626. The fourth-order valence-electron chi connectivity index (χ4n) is 2.31. The molecule has 0 radical (unpaired) electrons. The summed E-state index contributed by atoms with van der Waals surface area (Å²) in [5.41, 5.74) is 3.46. The third-order valence-electron chi connectivity index (χ3n) is 3.72. The van der Waals surface area contributed by atoms with Gasteiger partial charge in [-0.05, 0) is 45.4 Å². The SMILES string of the molecule is C=C/C=c1/nc2c(C)c(C)c(=O)c(C)c-2o/c1=C/COCC. The van der Waals surface area contributed by atoms with Crippen molar-refractivity contribution >= 4 is 12.2 Å². The van der Waals surface area contributed by atoms with E-state index in [1.54, 1.807) is 19.1 Å². The Labute approximate surface area is 129 Å². The maximum Gasteiger partial charge on any atom is 0.188 e. The van der Waals surface area contributed by atoms with Crippen molar-refractivity contribution in [1.82, 2.24) is 4.98 Å². The lowest BCUT2D eigenvalue weighted by Gasteiger charge is -2.12. The fourth-order valence-corrected chi connectivity index (χ4v) is 2.31. The van der Waals surface area contributed by atoms with Crippen molar-refractivity contribution in [1.29, 1.82) is 0 Å². The number of hydrogen-bond acceptors (Lipinski definition) is 4. The summed E-state index contributed by atoms with van der Waals surface area (Å²) in [4.78, 5) is 16.9. The molecule has 0 aromatic heterocycles. The molecule has 4 nitrogen and oxygen atoms in total. The molecule has 0 unspecified atom stereocenters. The van der Waals surface area contributed by atoms with Gasteiger partial charge in [0.05, 0.1) is 6.61 Å². The molecule has 116 valence electrons. The van der Waals surface area contributed by atoms with Gasteiger partial charge in [0.2, 0.25) is 0 Å². The third-order valence-corrected chi connectivity index (χ3v) is 3.72. The number of rotatable bonds is 4. The van der Waals surface area contributed by atoms with E-state index >= 15 is 0 Å². The van der Waals surface area contributed by atoms with Crippen molar-refractivity contribution in [3.05, 3.63) is 50.3 Å². The highest BCUT2D eigenvalue weighted by Gasteiger charge is 2.19. The zero-order chi connectivity index (χ0) is 16.3. The van der Waals surface area contributed by atoms with E-state index in [0.29, 0.717) is 40.9 Å². The first-order valence-electron chi connectivity index (χ1n) is 7.32. The number of allylic oxidation sites excluding steroid dienone is 1. The van der Waals surface area contributed by atoms with Crippen molar-refractivity contribution in [3.8, 4) is 11.5 Å². The molecule has 0 fully saturated rings. The predicted molar refractivity (Wildman–Crippen MR) is 88.5 cm³/mol. The Morgan fingerprint density at radius 2 is 1.95 bits per heavy atom. The predicted octanol–water partition coefficient (Wildman–Crippen LogP) is 1.85. The van der Waals surface area contributed by atoms with Crippen LogP contribution in [0.5, 0.6) is 0 Å². The van der Waals surface area contributed by atoms with Gasteiger partial charge in [0, 0.05) is 17.7 Å². The van der Waals surface area contributed by atoms with E-state index in [9.17, 15) is 4.79 Å². The monoisotopic (exact) mass is 299 g/mol. The first-order chi connectivity index (χ1) is 10.5. The molecular weight excluding hydrogens is 278 g/mol. The van der Waals surface area contributed by atoms with Crippen LogP contribution in [0.2, 0.25) is 0 Å². The summed E-state index contributed by atoms with van der Waals surface area (Å²) in [5, 5.41) is 0.683. The molecule has 0 bridgehead atoms. The molecule has 0 amide bonds. The largest absolute Gasteiger partial charge is 0.453 e. The average Bonchev–Trinajstić information content (AvgIpc) is 2.52. The van der Waals surface area contributed by atoms with Gasteiger partial charge in [0.15, 0.2) is 16.6 Å². The summed E-state index contributed by atoms with van der Waals surface area (Å²) >= 11 is 0. The summed E-state index contributed by atoms with van der Waals surface area (Å²) in [6.07, 6.45) is 5.28. The summed E-state index contributed by atoms with van der Waals surface area (Å²) in [6, 6.07) is 0. The van der Waals surface area contributed by atoms with Gasteiger partial charge in [-0.3, -0.25) is 4.79 Å². The average molecular weight is 299 g/mol. The highest BCUT2D eigenvalue weighted by molar-refractivity contribution is 5.64. The van der Waals surface area contributed by atoms with Gasteiger partial charge in [-0.1, -0.05) is 12.7 Å². The topological polar surface area (TPSA) is 52.3 Å². The van der Waals surface area contributed by atoms with E-state index in [0.717, 1.165) is 11.3 Å². The molecule has 2 aliphatic rings. The summed E-state index contributed by atoms with van der Waals surface area (Å²) < 4.78 is 11.3. The van der Waals surface area contributed by atoms with E-state index < -0.39 is 0 Å². The first-order valence-corrected chi connectivity index (χ1v) is 7.32. The number of fused-ring (bicyclic) bond motifs is 1. The van der Waals surface area contributed by atoms with Crippen LogP contribution in [0.3, 0.4) is 0 Å². The first kappa shape index (κ1) is 16.2. The van der Waals surface area contributed by atoms with Crippen molar-refractivity contribution in [2.75, 3.05) is 13.2 Å². The molecule has 0 atom stereocenters. The van der Waals surface area contributed by atoms with Crippen LogP contribution < -0.4 is 16.2 Å². The maximum atomic E-state index is 12.2. The molecular formula is C18H21NO3. The Bertz CT molecular complexity index is 846.